The first-order chi connectivity index (χ1) is 12.9. The molecule has 1 aliphatic heterocycles. The van der Waals surface area contributed by atoms with Crippen LogP contribution in [0, 0.1) is 6.92 Å². The first kappa shape index (κ1) is 19.2. The third-order valence-corrected chi connectivity index (χ3v) is 5.87. The summed E-state index contributed by atoms with van der Waals surface area (Å²) in [7, 11) is 0. The van der Waals surface area contributed by atoms with Gasteiger partial charge in [0.25, 0.3) is 0 Å². The number of aliphatic imine (C=N–C) groups is 1. The number of allylic oxidation sites excluding steroid dienone is 4. The van der Waals surface area contributed by atoms with Crippen molar-refractivity contribution in [2.75, 3.05) is 11.5 Å². The highest BCUT2D eigenvalue weighted by atomic mass is 32.2. The van der Waals surface area contributed by atoms with Crippen molar-refractivity contribution in [1.82, 2.24) is 10.2 Å². The highest BCUT2D eigenvalue weighted by Gasteiger charge is 2.23. The molecule has 0 spiro atoms. The van der Waals surface area contributed by atoms with Crippen LogP contribution in [0.4, 0.5) is 0 Å². The summed E-state index contributed by atoms with van der Waals surface area (Å²) in [6.45, 7) is 11.7. The molecule has 0 bridgehead atoms. The number of hydrogen-bond donors (Lipinski definition) is 1. The summed E-state index contributed by atoms with van der Waals surface area (Å²) in [6, 6.07) is 8.01. The van der Waals surface area contributed by atoms with Gasteiger partial charge in [-0.3, -0.25) is 4.99 Å². The quantitative estimate of drug-likeness (QED) is 0.773. The van der Waals surface area contributed by atoms with E-state index >= 15 is 0 Å². The van der Waals surface area contributed by atoms with Crippen molar-refractivity contribution in [2.24, 2.45) is 10.7 Å². The first-order valence-corrected chi connectivity index (χ1v) is 9.89. The predicted octanol–water partition coefficient (Wildman–Crippen LogP) is 4.77. The summed E-state index contributed by atoms with van der Waals surface area (Å²) in [5.41, 5.74) is 14.4. The number of benzene rings is 1. The fourth-order valence-electron chi connectivity index (χ4n) is 2.94. The van der Waals surface area contributed by atoms with E-state index in [0.717, 1.165) is 56.3 Å². The minimum absolute atomic E-state index is 0.488. The van der Waals surface area contributed by atoms with Crippen LogP contribution in [0.2, 0.25) is 0 Å². The maximum absolute atomic E-state index is 6.52. The van der Waals surface area contributed by atoms with Crippen molar-refractivity contribution in [3.63, 3.8) is 0 Å². The number of hydrogen-bond acceptors (Lipinski definition) is 6. The Morgan fingerprint density at radius 3 is 2.63 bits per heavy atom. The highest BCUT2D eigenvalue weighted by Crippen LogP contribution is 2.35. The maximum atomic E-state index is 6.52. The molecule has 0 aliphatic carbocycles. The van der Waals surface area contributed by atoms with E-state index in [1.165, 1.54) is 0 Å². The summed E-state index contributed by atoms with van der Waals surface area (Å²) < 4.78 is 5.96. The van der Waals surface area contributed by atoms with Crippen LogP contribution in [0.25, 0.3) is 17.0 Å². The molecule has 27 heavy (non-hydrogen) atoms. The summed E-state index contributed by atoms with van der Waals surface area (Å²) in [6.07, 6.45) is 0. The lowest BCUT2D eigenvalue weighted by molar-refractivity contribution is 0.552. The normalized spacial score (nSPS) is 17.6. The Morgan fingerprint density at radius 1 is 1.19 bits per heavy atom. The lowest BCUT2D eigenvalue weighted by atomic mass is 9.98. The van der Waals surface area contributed by atoms with Crippen molar-refractivity contribution in [3.8, 4) is 11.5 Å². The Labute approximate surface area is 164 Å². The van der Waals surface area contributed by atoms with Gasteiger partial charge in [-0.1, -0.05) is 17.7 Å². The second kappa shape index (κ2) is 7.96. The van der Waals surface area contributed by atoms with Crippen LogP contribution in [0.1, 0.15) is 32.2 Å². The Balaban J connectivity index is 2.03. The number of thioether (sulfide) groups is 1. The number of aromatic nitrogens is 2. The molecule has 0 unspecified atom stereocenters. The zero-order chi connectivity index (χ0) is 19.6. The van der Waals surface area contributed by atoms with Gasteiger partial charge in [0.15, 0.2) is 0 Å². The fourth-order valence-corrected chi connectivity index (χ4v) is 4.10. The molecule has 3 rings (SSSR count). The third kappa shape index (κ3) is 3.90. The van der Waals surface area contributed by atoms with Gasteiger partial charge >= 0.3 is 0 Å². The number of nitrogens with zero attached hydrogens (tertiary/aromatic N) is 3. The molecule has 1 aliphatic rings. The second-order valence-corrected chi connectivity index (χ2v) is 7.62. The predicted molar refractivity (Wildman–Crippen MR) is 114 cm³/mol. The van der Waals surface area contributed by atoms with Crippen LogP contribution < -0.4 is 5.73 Å². The molecule has 0 atom stereocenters. The number of nitrogens with two attached hydrogens (primary N) is 1. The van der Waals surface area contributed by atoms with Crippen LogP contribution >= 0.6 is 11.8 Å². The maximum Gasteiger partial charge on any atom is 0.248 e. The van der Waals surface area contributed by atoms with Crippen LogP contribution in [-0.2, 0) is 0 Å². The SMILES string of the molecule is C=N/C(C)=C(C)\C(C)=C1/CSCC(c2nnc(-c3cccc(C)c3)o2)=C1N. The summed E-state index contributed by atoms with van der Waals surface area (Å²) in [4.78, 5) is 4.04. The Hall–Kier alpha value is -2.60. The van der Waals surface area contributed by atoms with Gasteiger partial charge < -0.3 is 10.2 Å². The molecule has 2 aromatic rings. The summed E-state index contributed by atoms with van der Waals surface area (Å²) >= 11 is 1.79. The number of aryl methyl sites for hydroxylation is 1. The van der Waals surface area contributed by atoms with Crippen molar-refractivity contribution < 1.29 is 4.42 Å². The molecule has 0 radical (unpaired) electrons. The van der Waals surface area contributed by atoms with Gasteiger partial charge in [-0.15, -0.1) is 10.2 Å². The van der Waals surface area contributed by atoms with Gasteiger partial charge in [-0.25, -0.2) is 0 Å². The van der Waals surface area contributed by atoms with Gasteiger partial charge in [-0.2, -0.15) is 11.8 Å². The van der Waals surface area contributed by atoms with Crippen LogP contribution in [0.5, 0.6) is 0 Å². The molecule has 0 amide bonds. The van der Waals surface area contributed by atoms with E-state index in [2.05, 4.69) is 28.8 Å². The van der Waals surface area contributed by atoms with Crippen molar-refractivity contribution in [2.45, 2.75) is 27.7 Å². The van der Waals surface area contributed by atoms with Gasteiger partial charge in [0.2, 0.25) is 11.8 Å². The zero-order valence-corrected chi connectivity index (χ0v) is 17.0. The molecule has 0 fully saturated rings. The van der Waals surface area contributed by atoms with Crippen molar-refractivity contribution >= 4 is 24.1 Å². The van der Waals surface area contributed by atoms with Gasteiger partial charge in [0, 0.05) is 34.0 Å². The van der Waals surface area contributed by atoms with Gasteiger partial charge in [-0.05, 0) is 63.3 Å². The zero-order valence-electron chi connectivity index (χ0n) is 16.2. The topological polar surface area (TPSA) is 77.3 Å². The van der Waals surface area contributed by atoms with Crippen molar-refractivity contribution in [3.05, 3.63) is 63.8 Å². The minimum atomic E-state index is 0.488. The molecule has 1 aromatic heterocycles. The monoisotopic (exact) mass is 380 g/mol. The van der Waals surface area contributed by atoms with Gasteiger partial charge in [0.1, 0.15) is 0 Å². The van der Waals surface area contributed by atoms with Gasteiger partial charge in [0.05, 0.1) is 0 Å². The van der Waals surface area contributed by atoms with E-state index in [-0.39, 0.29) is 0 Å². The van der Waals surface area contributed by atoms with Crippen LogP contribution in [0.15, 0.2) is 61.8 Å². The van der Waals surface area contributed by atoms with E-state index in [9.17, 15) is 0 Å². The largest absolute Gasteiger partial charge is 0.416 e. The lowest BCUT2D eigenvalue weighted by Gasteiger charge is -2.21. The molecule has 2 N–H and O–H groups in total. The van der Waals surface area contributed by atoms with E-state index in [1.54, 1.807) is 11.8 Å². The van der Waals surface area contributed by atoms with Crippen molar-refractivity contribution in [1.29, 1.82) is 0 Å². The van der Waals surface area contributed by atoms with Crippen LogP contribution in [0.3, 0.4) is 0 Å². The summed E-state index contributed by atoms with van der Waals surface area (Å²) in [5.74, 6) is 2.60. The lowest BCUT2D eigenvalue weighted by Crippen LogP contribution is -2.15. The molecule has 1 aromatic carbocycles. The smallest absolute Gasteiger partial charge is 0.248 e. The third-order valence-electron chi connectivity index (χ3n) is 4.89. The fraction of sp³-hybridized carbons (Fsp3) is 0.286. The van der Waals surface area contributed by atoms with E-state index in [0.29, 0.717) is 11.8 Å². The highest BCUT2D eigenvalue weighted by molar-refractivity contribution is 7.99. The Morgan fingerprint density at radius 2 is 1.93 bits per heavy atom. The molecule has 0 saturated carbocycles. The van der Waals surface area contributed by atoms with Crippen LogP contribution in [-0.4, -0.2) is 28.4 Å². The molecule has 140 valence electrons. The van der Waals surface area contributed by atoms with E-state index < -0.39 is 0 Å². The minimum Gasteiger partial charge on any atom is -0.416 e. The average Bonchev–Trinajstić information content (AvgIpc) is 3.16. The first-order valence-electron chi connectivity index (χ1n) is 8.74. The average molecular weight is 381 g/mol. The molecule has 0 saturated heterocycles. The molecular formula is C21H24N4OS. The number of rotatable bonds is 4. The Bertz CT molecular complexity index is 982. The van der Waals surface area contributed by atoms with E-state index in [4.69, 9.17) is 10.2 Å². The molecule has 6 heteroatoms. The van der Waals surface area contributed by atoms with E-state index in [1.807, 2.05) is 45.0 Å². The Kier molecular flexibility index (Phi) is 5.65. The molecular weight excluding hydrogens is 356 g/mol. The second-order valence-electron chi connectivity index (χ2n) is 6.64. The standard InChI is InChI=1S/C21H24N4OS/c1-12-7-6-8-16(9-12)20-24-25-21(26-20)18-11-27-10-17(19(18)22)14(3)13(2)15(4)23-5/h6-9H,5,10-11,22H2,1-4H3/b15-13-,17-14+. The summed E-state index contributed by atoms with van der Waals surface area (Å²) in [5, 5.41) is 8.47. The molecule has 5 nitrogen and oxygen atoms in total. The molecule has 2 heterocycles.